The number of amidine groups is 1. The third kappa shape index (κ3) is 4.05. The highest BCUT2D eigenvalue weighted by Crippen LogP contribution is 2.38. The number of fused-ring (bicyclic) bond motifs is 3. The van der Waals surface area contributed by atoms with Gasteiger partial charge in [0.2, 0.25) is 5.91 Å². The first-order valence-corrected chi connectivity index (χ1v) is 10.8. The molecule has 0 aliphatic carbocycles. The van der Waals surface area contributed by atoms with Crippen molar-refractivity contribution >= 4 is 34.2 Å². The van der Waals surface area contributed by atoms with Crippen LogP contribution in [0.5, 0.6) is 0 Å². The summed E-state index contributed by atoms with van der Waals surface area (Å²) in [6.07, 6.45) is 4.28. The van der Waals surface area contributed by atoms with E-state index in [2.05, 4.69) is 29.7 Å². The van der Waals surface area contributed by atoms with Crippen LogP contribution in [0.2, 0.25) is 0 Å². The van der Waals surface area contributed by atoms with Crippen molar-refractivity contribution in [3.63, 3.8) is 0 Å². The molecule has 4 rings (SSSR count). The zero-order valence-electron chi connectivity index (χ0n) is 17.0. The molecule has 1 amide bonds. The number of hydrazine groups is 1. The smallest absolute Gasteiger partial charge is 0.237 e. The lowest BCUT2D eigenvalue weighted by Crippen LogP contribution is -2.40. The molecule has 0 radical (unpaired) electrons. The van der Waals surface area contributed by atoms with Crippen molar-refractivity contribution in [2.75, 3.05) is 17.2 Å². The molecular formula is C23H23N5OS. The van der Waals surface area contributed by atoms with Gasteiger partial charge >= 0.3 is 0 Å². The number of hydrogen-bond donors (Lipinski definition) is 1. The van der Waals surface area contributed by atoms with Crippen LogP contribution in [0.1, 0.15) is 29.2 Å². The molecular weight excluding hydrogens is 394 g/mol. The first kappa shape index (κ1) is 20.0. The van der Waals surface area contributed by atoms with Gasteiger partial charge in [-0.15, -0.1) is 0 Å². The van der Waals surface area contributed by atoms with Crippen molar-refractivity contribution in [1.29, 1.82) is 5.26 Å². The van der Waals surface area contributed by atoms with Crippen molar-refractivity contribution in [3.8, 4) is 6.07 Å². The third-order valence-electron chi connectivity index (χ3n) is 5.04. The minimum atomic E-state index is -0.0366. The van der Waals surface area contributed by atoms with Crippen LogP contribution in [-0.4, -0.2) is 28.4 Å². The molecule has 0 saturated carbocycles. The Bertz CT molecular complexity index is 1050. The molecule has 2 aliphatic heterocycles. The van der Waals surface area contributed by atoms with Gasteiger partial charge in [0.25, 0.3) is 0 Å². The van der Waals surface area contributed by atoms with Crippen molar-refractivity contribution in [2.45, 2.75) is 26.3 Å². The molecule has 0 saturated heterocycles. The van der Waals surface area contributed by atoms with Crippen molar-refractivity contribution < 1.29 is 4.79 Å². The maximum absolute atomic E-state index is 13.1. The number of anilines is 1. The van der Waals surface area contributed by atoms with Crippen molar-refractivity contribution in [3.05, 3.63) is 71.4 Å². The summed E-state index contributed by atoms with van der Waals surface area (Å²) in [5.41, 5.74) is 8.31. The van der Waals surface area contributed by atoms with E-state index in [4.69, 9.17) is 10.3 Å². The first-order valence-electron chi connectivity index (χ1n) is 9.85. The second-order valence-corrected chi connectivity index (χ2v) is 8.29. The Labute approximate surface area is 180 Å². The van der Waals surface area contributed by atoms with Crippen LogP contribution in [0.15, 0.2) is 59.7 Å². The number of thioether (sulfide) groups is 1. The molecule has 2 aromatic carbocycles. The summed E-state index contributed by atoms with van der Waals surface area (Å²) >= 11 is 1.41. The lowest BCUT2D eigenvalue weighted by molar-refractivity contribution is -0.116. The maximum Gasteiger partial charge on any atom is 0.237 e. The number of para-hydroxylation sites is 1. The first-order chi connectivity index (χ1) is 14.6. The molecule has 1 N–H and O–H groups in total. The quantitative estimate of drug-likeness (QED) is 0.783. The monoisotopic (exact) mass is 417 g/mol. The molecule has 152 valence electrons. The molecule has 30 heavy (non-hydrogen) atoms. The Morgan fingerprint density at radius 3 is 2.80 bits per heavy atom. The zero-order valence-corrected chi connectivity index (χ0v) is 17.8. The fourth-order valence-electron chi connectivity index (χ4n) is 3.77. The van der Waals surface area contributed by atoms with Gasteiger partial charge in [-0.1, -0.05) is 36.0 Å². The van der Waals surface area contributed by atoms with Gasteiger partial charge in [0.1, 0.15) is 0 Å². The summed E-state index contributed by atoms with van der Waals surface area (Å²) in [7, 11) is 0. The highest BCUT2D eigenvalue weighted by atomic mass is 32.2. The molecule has 2 heterocycles. The number of nitrogens with zero attached hydrogens (tertiary/aromatic N) is 4. The number of nitriles is 1. The molecule has 6 nitrogen and oxygen atoms in total. The van der Waals surface area contributed by atoms with E-state index in [1.54, 1.807) is 4.90 Å². The Hall–Kier alpha value is -3.24. The zero-order chi connectivity index (χ0) is 21.1. The van der Waals surface area contributed by atoms with E-state index in [9.17, 15) is 4.79 Å². The number of hydrogen-bond acceptors (Lipinski definition) is 6. The largest absolute Gasteiger partial charge is 0.311 e. The predicted molar refractivity (Wildman–Crippen MR) is 121 cm³/mol. The van der Waals surface area contributed by atoms with Gasteiger partial charge in [0, 0.05) is 24.0 Å². The minimum Gasteiger partial charge on any atom is -0.311 e. The SMILES string of the molecule is Cc1cc(C)cc(N(CCC#N)C(=O)CSC2=Nc3ccccc3C3C=CNN23)c1. The summed E-state index contributed by atoms with van der Waals surface area (Å²) < 4.78 is 0. The van der Waals surface area contributed by atoms with Gasteiger partial charge in [-0.25, -0.2) is 4.99 Å². The number of carbonyl (C=O) groups is 1. The fraction of sp³-hybridized carbons (Fsp3) is 0.261. The number of rotatable bonds is 5. The number of carbonyl (C=O) groups excluding carboxylic acids is 1. The third-order valence-corrected chi connectivity index (χ3v) is 5.98. The van der Waals surface area contributed by atoms with Crippen LogP contribution in [0.3, 0.4) is 0 Å². The highest BCUT2D eigenvalue weighted by Gasteiger charge is 2.31. The van der Waals surface area contributed by atoms with Gasteiger partial charge in [0.15, 0.2) is 5.17 Å². The normalized spacial score (nSPS) is 16.2. The van der Waals surface area contributed by atoms with E-state index < -0.39 is 0 Å². The van der Waals surface area contributed by atoms with Crippen molar-refractivity contribution in [1.82, 2.24) is 10.4 Å². The van der Waals surface area contributed by atoms with Gasteiger partial charge in [0.05, 0.1) is 30.0 Å². The highest BCUT2D eigenvalue weighted by molar-refractivity contribution is 8.14. The minimum absolute atomic E-state index is 0.0366. The van der Waals surface area contributed by atoms with E-state index >= 15 is 0 Å². The Kier molecular flexibility index (Phi) is 5.77. The topological polar surface area (TPSA) is 71.7 Å². The molecule has 0 bridgehead atoms. The molecule has 0 aromatic heterocycles. The van der Waals surface area contributed by atoms with Gasteiger partial charge in [-0.3, -0.25) is 9.80 Å². The van der Waals surface area contributed by atoms with E-state index in [0.29, 0.717) is 6.54 Å². The van der Waals surface area contributed by atoms with E-state index in [-0.39, 0.29) is 24.1 Å². The Morgan fingerprint density at radius 1 is 1.27 bits per heavy atom. The van der Waals surface area contributed by atoms with Crippen LogP contribution < -0.4 is 10.3 Å². The maximum atomic E-state index is 13.1. The summed E-state index contributed by atoms with van der Waals surface area (Å²) in [5.74, 6) is 0.204. The van der Waals surface area contributed by atoms with Crippen LogP contribution >= 0.6 is 11.8 Å². The summed E-state index contributed by atoms with van der Waals surface area (Å²) in [5, 5.41) is 11.8. The Morgan fingerprint density at radius 2 is 2.03 bits per heavy atom. The average Bonchev–Trinajstić information content (AvgIpc) is 3.22. The molecule has 1 atom stereocenters. The van der Waals surface area contributed by atoms with E-state index in [0.717, 1.165) is 33.2 Å². The van der Waals surface area contributed by atoms with Crippen LogP contribution in [-0.2, 0) is 4.79 Å². The van der Waals surface area contributed by atoms with Gasteiger partial charge in [-0.2, -0.15) is 5.26 Å². The molecule has 2 aromatic rings. The fourth-order valence-corrected chi connectivity index (χ4v) is 4.64. The van der Waals surface area contributed by atoms with Crippen LogP contribution in [0.4, 0.5) is 11.4 Å². The molecule has 7 heteroatoms. The molecule has 2 aliphatic rings. The van der Waals surface area contributed by atoms with Crippen LogP contribution in [0, 0.1) is 25.2 Å². The van der Waals surface area contributed by atoms with Gasteiger partial charge in [-0.05, 0) is 49.2 Å². The Balaban J connectivity index is 1.53. The lowest BCUT2D eigenvalue weighted by Gasteiger charge is -2.32. The van der Waals surface area contributed by atoms with Gasteiger partial charge < -0.3 is 10.3 Å². The van der Waals surface area contributed by atoms with Crippen LogP contribution in [0.25, 0.3) is 0 Å². The lowest BCUT2D eigenvalue weighted by atomic mass is 10.0. The average molecular weight is 418 g/mol. The van der Waals surface area contributed by atoms with E-state index in [1.807, 2.05) is 55.4 Å². The predicted octanol–water partition coefficient (Wildman–Crippen LogP) is 4.36. The standard InChI is InChI=1S/C23H23N5OS/c1-16-12-17(2)14-18(13-16)27(11-5-9-24)22(29)15-30-23-26-20-7-4-3-6-19(20)21-8-10-25-28(21)23/h3-4,6-8,10,12-14,21,25H,5,11,15H2,1-2H3. The molecule has 1 unspecified atom stereocenters. The summed E-state index contributed by atoms with van der Waals surface area (Å²) in [4.78, 5) is 19.6. The van der Waals surface area contributed by atoms with Crippen molar-refractivity contribution in [2.24, 2.45) is 4.99 Å². The number of benzene rings is 2. The number of aliphatic imine (C=N–C) groups is 1. The second kappa shape index (κ2) is 8.64. The second-order valence-electron chi connectivity index (χ2n) is 7.34. The molecule has 0 fully saturated rings. The van der Waals surface area contributed by atoms with E-state index in [1.165, 1.54) is 11.8 Å². The summed E-state index contributed by atoms with van der Waals surface area (Å²) in [6.45, 7) is 4.40. The summed E-state index contributed by atoms with van der Waals surface area (Å²) in [6, 6.07) is 16.3. The number of aryl methyl sites for hydroxylation is 2. The number of amides is 1. The number of nitrogens with one attached hydrogen (secondary N) is 1. The molecule has 0 spiro atoms.